The molecule has 0 unspecified atom stereocenters. The molecule has 1 aliphatic rings. The molecule has 2 aromatic rings. The lowest BCUT2D eigenvalue weighted by atomic mass is 9.53. The van der Waals surface area contributed by atoms with E-state index in [2.05, 4.69) is 98.2 Å². The van der Waals surface area contributed by atoms with E-state index in [0.29, 0.717) is 5.41 Å². The highest BCUT2D eigenvalue weighted by molar-refractivity contribution is 6.53. The number of benzene rings is 2. The van der Waals surface area contributed by atoms with Crippen molar-refractivity contribution < 1.29 is 0 Å². The minimum atomic E-state index is 0.106. The van der Waals surface area contributed by atoms with Gasteiger partial charge in [-0.25, -0.2) is 0 Å². The summed E-state index contributed by atoms with van der Waals surface area (Å²) in [6.45, 7) is 16.4. The SMILES string of the molecule is CC1(C)c2ccccc2-c2cc([B]CC(C)(C)C(C)(C)C)ccc21. The summed E-state index contributed by atoms with van der Waals surface area (Å²) >= 11 is 0. The van der Waals surface area contributed by atoms with E-state index in [-0.39, 0.29) is 10.8 Å². The minimum absolute atomic E-state index is 0.106. The van der Waals surface area contributed by atoms with Crippen LogP contribution in [0.4, 0.5) is 0 Å². The topological polar surface area (TPSA) is 0 Å². The fraction of sp³-hybridized carbons (Fsp3) is 0.478. The van der Waals surface area contributed by atoms with Crippen LogP contribution in [0.25, 0.3) is 11.1 Å². The Morgan fingerprint density at radius 2 is 1.46 bits per heavy atom. The Balaban J connectivity index is 1.92. The second-order valence-electron chi connectivity index (χ2n) is 9.52. The van der Waals surface area contributed by atoms with Gasteiger partial charge in [-0.05, 0) is 33.1 Å². The van der Waals surface area contributed by atoms with Gasteiger partial charge in [-0.2, -0.15) is 0 Å². The Morgan fingerprint density at radius 1 is 0.833 bits per heavy atom. The van der Waals surface area contributed by atoms with Crippen LogP contribution >= 0.6 is 0 Å². The Hall–Kier alpha value is -1.50. The molecule has 1 radical (unpaired) electrons. The van der Waals surface area contributed by atoms with Gasteiger partial charge in [0.25, 0.3) is 0 Å². The lowest BCUT2D eigenvalue weighted by molar-refractivity contribution is 0.157. The highest BCUT2D eigenvalue weighted by Crippen LogP contribution is 2.48. The summed E-state index contributed by atoms with van der Waals surface area (Å²) in [5.41, 5.74) is 7.76. The van der Waals surface area contributed by atoms with E-state index in [1.54, 1.807) is 0 Å². The van der Waals surface area contributed by atoms with E-state index in [1.807, 2.05) is 0 Å². The third kappa shape index (κ3) is 2.72. The van der Waals surface area contributed by atoms with Crippen LogP contribution in [0.2, 0.25) is 6.32 Å². The van der Waals surface area contributed by atoms with Gasteiger partial charge in [0.2, 0.25) is 0 Å². The average molecular weight is 317 g/mol. The van der Waals surface area contributed by atoms with Gasteiger partial charge >= 0.3 is 0 Å². The van der Waals surface area contributed by atoms with E-state index in [0.717, 1.165) is 6.32 Å². The molecule has 0 aromatic heterocycles. The first-order valence-electron chi connectivity index (χ1n) is 9.12. The molecule has 0 heterocycles. The number of hydrogen-bond acceptors (Lipinski definition) is 0. The number of hydrogen-bond donors (Lipinski definition) is 0. The first kappa shape index (κ1) is 17.3. The van der Waals surface area contributed by atoms with Crippen molar-refractivity contribution in [1.29, 1.82) is 0 Å². The Labute approximate surface area is 148 Å². The van der Waals surface area contributed by atoms with Crippen LogP contribution in [0, 0.1) is 10.8 Å². The molecule has 0 aliphatic heterocycles. The molecule has 0 N–H and O–H groups in total. The number of fused-ring (bicyclic) bond motifs is 3. The first-order chi connectivity index (χ1) is 11.0. The van der Waals surface area contributed by atoms with Crippen molar-refractivity contribution in [1.82, 2.24) is 0 Å². The number of rotatable bonds is 3. The summed E-state index contributed by atoms with van der Waals surface area (Å²) in [5.74, 6) is 0. The van der Waals surface area contributed by atoms with E-state index >= 15 is 0 Å². The van der Waals surface area contributed by atoms with Gasteiger partial charge in [0.15, 0.2) is 7.28 Å². The molecule has 1 aliphatic carbocycles. The second-order valence-corrected chi connectivity index (χ2v) is 9.52. The van der Waals surface area contributed by atoms with E-state index < -0.39 is 0 Å². The predicted octanol–water partition coefficient (Wildman–Crippen LogP) is 5.81. The fourth-order valence-corrected chi connectivity index (χ4v) is 3.54. The quantitative estimate of drug-likeness (QED) is 0.626. The summed E-state index contributed by atoms with van der Waals surface area (Å²) in [6, 6.07) is 15.9. The molecular formula is C23H30B. The van der Waals surface area contributed by atoms with Crippen LogP contribution in [0.3, 0.4) is 0 Å². The van der Waals surface area contributed by atoms with Crippen molar-refractivity contribution >= 4 is 12.7 Å². The largest absolute Gasteiger partial charge is 0.152 e. The highest BCUT2D eigenvalue weighted by Gasteiger charge is 2.35. The molecule has 1 heteroatoms. The fourth-order valence-electron chi connectivity index (χ4n) is 3.54. The summed E-state index contributed by atoms with van der Waals surface area (Å²) < 4.78 is 0. The molecule has 2 aromatic carbocycles. The van der Waals surface area contributed by atoms with Gasteiger partial charge in [-0.3, -0.25) is 0 Å². The molecular weight excluding hydrogens is 287 g/mol. The standard InChI is InChI=1S/C23H30B/c1-21(2,3)22(4,5)15-24-16-12-13-20-18(14-16)17-10-8-9-11-19(17)23(20,6)7/h8-14H,15H2,1-7H3. The lowest BCUT2D eigenvalue weighted by Gasteiger charge is -2.39. The van der Waals surface area contributed by atoms with Gasteiger partial charge < -0.3 is 0 Å². The normalized spacial score (nSPS) is 15.8. The molecule has 0 saturated carbocycles. The van der Waals surface area contributed by atoms with Crippen LogP contribution in [-0.2, 0) is 5.41 Å². The van der Waals surface area contributed by atoms with Crippen LogP contribution in [0.1, 0.15) is 59.6 Å². The molecule has 0 saturated heterocycles. The zero-order chi connectivity index (χ0) is 17.8. The summed E-state index contributed by atoms with van der Waals surface area (Å²) in [4.78, 5) is 0. The first-order valence-corrected chi connectivity index (χ1v) is 9.12. The van der Waals surface area contributed by atoms with Crippen molar-refractivity contribution in [2.45, 2.75) is 60.2 Å². The maximum absolute atomic E-state index is 2.42. The van der Waals surface area contributed by atoms with E-state index in [9.17, 15) is 0 Å². The Kier molecular flexibility index (Phi) is 3.98. The summed E-state index contributed by atoms with van der Waals surface area (Å²) in [7, 11) is 2.42. The molecule has 0 spiro atoms. The molecule has 3 rings (SSSR count). The van der Waals surface area contributed by atoms with Gasteiger partial charge in [-0.15, -0.1) is 0 Å². The maximum Gasteiger partial charge on any atom is 0.152 e. The zero-order valence-corrected chi connectivity index (χ0v) is 16.3. The van der Waals surface area contributed by atoms with E-state index in [1.165, 1.54) is 27.7 Å². The van der Waals surface area contributed by atoms with Gasteiger partial charge in [0.05, 0.1) is 0 Å². The third-order valence-corrected chi connectivity index (χ3v) is 6.49. The molecule has 125 valence electrons. The maximum atomic E-state index is 2.42. The van der Waals surface area contributed by atoms with Crippen LogP contribution in [0.5, 0.6) is 0 Å². The van der Waals surface area contributed by atoms with Gasteiger partial charge in [-0.1, -0.05) is 103 Å². The average Bonchev–Trinajstić information content (AvgIpc) is 2.73. The molecule has 0 nitrogen and oxygen atoms in total. The van der Waals surface area contributed by atoms with Crippen LogP contribution in [-0.4, -0.2) is 7.28 Å². The summed E-state index contributed by atoms with van der Waals surface area (Å²) in [5, 5.41) is 0. The third-order valence-electron chi connectivity index (χ3n) is 6.49. The van der Waals surface area contributed by atoms with Gasteiger partial charge in [0.1, 0.15) is 0 Å². The van der Waals surface area contributed by atoms with Crippen molar-refractivity contribution in [2.24, 2.45) is 10.8 Å². The van der Waals surface area contributed by atoms with Crippen molar-refractivity contribution in [2.75, 3.05) is 0 Å². The van der Waals surface area contributed by atoms with Crippen molar-refractivity contribution in [3.8, 4) is 11.1 Å². The monoisotopic (exact) mass is 317 g/mol. The molecule has 0 atom stereocenters. The smallest absolute Gasteiger partial charge is 0.0872 e. The molecule has 0 fully saturated rings. The second kappa shape index (κ2) is 5.51. The molecule has 0 amide bonds. The van der Waals surface area contributed by atoms with Crippen LogP contribution < -0.4 is 5.46 Å². The van der Waals surface area contributed by atoms with Gasteiger partial charge in [0, 0.05) is 5.41 Å². The van der Waals surface area contributed by atoms with E-state index in [4.69, 9.17) is 0 Å². The Bertz CT molecular complexity index is 760. The summed E-state index contributed by atoms with van der Waals surface area (Å²) in [6.07, 6.45) is 1.10. The predicted molar refractivity (Wildman–Crippen MR) is 107 cm³/mol. The highest BCUT2D eigenvalue weighted by atomic mass is 14.4. The van der Waals surface area contributed by atoms with Crippen LogP contribution in [0.15, 0.2) is 42.5 Å². The Morgan fingerprint density at radius 3 is 2.12 bits per heavy atom. The molecule has 24 heavy (non-hydrogen) atoms. The minimum Gasteiger partial charge on any atom is -0.0872 e. The van der Waals surface area contributed by atoms with Crippen molar-refractivity contribution in [3.63, 3.8) is 0 Å². The molecule has 0 bridgehead atoms. The zero-order valence-electron chi connectivity index (χ0n) is 16.3. The lowest BCUT2D eigenvalue weighted by Crippen LogP contribution is -2.33. The van der Waals surface area contributed by atoms with Crippen molar-refractivity contribution in [3.05, 3.63) is 53.6 Å².